The molecule has 0 saturated carbocycles. The van der Waals surface area contributed by atoms with Crippen molar-refractivity contribution < 1.29 is 14.7 Å². The average Bonchev–Trinajstić information content (AvgIpc) is 2.34. The summed E-state index contributed by atoms with van der Waals surface area (Å²) in [5.74, 6) is -0.743. The number of carbonyl (C=O) groups excluding carboxylic acids is 1. The second kappa shape index (κ2) is 10.6. The number of aliphatic carboxylic acids is 1. The van der Waals surface area contributed by atoms with Gasteiger partial charge in [0, 0.05) is 25.6 Å². The lowest BCUT2D eigenvalue weighted by Crippen LogP contribution is -2.43. The number of nitrogens with zero attached hydrogens (tertiary/aromatic N) is 1. The second-order valence-electron chi connectivity index (χ2n) is 5.01. The summed E-state index contributed by atoms with van der Waals surface area (Å²) < 4.78 is 0. The van der Waals surface area contributed by atoms with Crippen LogP contribution in [0.5, 0.6) is 0 Å². The van der Waals surface area contributed by atoms with Crippen molar-refractivity contribution in [2.24, 2.45) is 0 Å². The molecular formula is C13H27N3O3. The minimum atomic E-state index is -0.743. The SMILES string of the molecule is CC(CNC(=O)NCCCCCCC(=O)O)N(C)C. The number of hydrogen-bond acceptors (Lipinski definition) is 3. The van der Waals surface area contributed by atoms with Crippen LogP contribution >= 0.6 is 0 Å². The summed E-state index contributed by atoms with van der Waals surface area (Å²) in [4.78, 5) is 23.8. The number of likely N-dealkylation sites (N-methyl/N-ethyl adjacent to an activating group) is 1. The Morgan fingerprint density at radius 2 is 1.74 bits per heavy atom. The van der Waals surface area contributed by atoms with Crippen molar-refractivity contribution in [1.29, 1.82) is 0 Å². The highest BCUT2D eigenvalue weighted by Gasteiger charge is 2.06. The zero-order valence-electron chi connectivity index (χ0n) is 12.2. The Kier molecular flexibility index (Phi) is 9.88. The molecule has 6 heteroatoms. The maximum atomic E-state index is 11.4. The van der Waals surface area contributed by atoms with Gasteiger partial charge in [0.15, 0.2) is 0 Å². The minimum absolute atomic E-state index is 0.140. The molecule has 112 valence electrons. The highest BCUT2D eigenvalue weighted by atomic mass is 16.4. The predicted octanol–water partition coefficient (Wildman–Crippen LogP) is 1.27. The van der Waals surface area contributed by atoms with E-state index in [2.05, 4.69) is 10.6 Å². The van der Waals surface area contributed by atoms with Crippen molar-refractivity contribution in [3.63, 3.8) is 0 Å². The van der Waals surface area contributed by atoms with Crippen molar-refractivity contribution in [2.45, 2.75) is 45.1 Å². The van der Waals surface area contributed by atoms with Gasteiger partial charge in [0.25, 0.3) is 0 Å². The molecule has 0 aromatic carbocycles. The molecule has 0 aliphatic carbocycles. The van der Waals surface area contributed by atoms with Gasteiger partial charge in [0.2, 0.25) is 0 Å². The third kappa shape index (κ3) is 11.5. The first-order valence-electron chi connectivity index (χ1n) is 6.83. The van der Waals surface area contributed by atoms with E-state index in [1.807, 2.05) is 25.9 Å². The number of rotatable bonds is 10. The van der Waals surface area contributed by atoms with Crippen molar-refractivity contribution in [1.82, 2.24) is 15.5 Å². The summed E-state index contributed by atoms with van der Waals surface area (Å²) in [6.07, 6.45) is 3.67. The summed E-state index contributed by atoms with van der Waals surface area (Å²) in [5.41, 5.74) is 0. The minimum Gasteiger partial charge on any atom is -0.481 e. The van der Waals surface area contributed by atoms with E-state index in [9.17, 15) is 9.59 Å². The summed E-state index contributed by atoms with van der Waals surface area (Å²) in [6.45, 7) is 3.30. The van der Waals surface area contributed by atoms with E-state index in [1.54, 1.807) is 0 Å². The number of hydrogen-bond donors (Lipinski definition) is 3. The highest BCUT2D eigenvalue weighted by molar-refractivity contribution is 5.73. The Hall–Kier alpha value is -1.30. The molecule has 0 aliphatic rings. The maximum Gasteiger partial charge on any atom is 0.314 e. The van der Waals surface area contributed by atoms with Crippen LogP contribution in [-0.2, 0) is 4.79 Å². The Labute approximate surface area is 115 Å². The van der Waals surface area contributed by atoms with Gasteiger partial charge in [-0.25, -0.2) is 4.79 Å². The van der Waals surface area contributed by atoms with E-state index in [-0.39, 0.29) is 12.5 Å². The quantitative estimate of drug-likeness (QED) is 0.524. The number of unbranched alkanes of at least 4 members (excludes halogenated alkanes) is 3. The molecule has 2 amide bonds. The normalized spacial score (nSPS) is 12.2. The smallest absolute Gasteiger partial charge is 0.314 e. The van der Waals surface area contributed by atoms with Crippen LogP contribution in [0.25, 0.3) is 0 Å². The van der Waals surface area contributed by atoms with Gasteiger partial charge in [0.05, 0.1) is 0 Å². The fraction of sp³-hybridized carbons (Fsp3) is 0.846. The molecule has 0 heterocycles. The fourth-order valence-corrected chi connectivity index (χ4v) is 1.44. The van der Waals surface area contributed by atoms with E-state index in [0.29, 0.717) is 25.6 Å². The molecule has 0 aliphatic heterocycles. The molecule has 1 unspecified atom stereocenters. The van der Waals surface area contributed by atoms with Crippen molar-refractivity contribution in [3.05, 3.63) is 0 Å². The van der Waals surface area contributed by atoms with Crippen LogP contribution in [0.2, 0.25) is 0 Å². The van der Waals surface area contributed by atoms with Crippen LogP contribution in [0.4, 0.5) is 4.79 Å². The zero-order chi connectivity index (χ0) is 14.7. The molecule has 0 rings (SSSR count). The van der Waals surface area contributed by atoms with Gasteiger partial charge in [-0.1, -0.05) is 12.8 Å². The van der Waals surface area contributed by atoms with Crippen LogP contribution in [0, 0.1) is 0 Å². The van der Waals surface area contributed by atoms with Crippen LogP contribution < -0.4 is 10.6 Å². The fourth-order valence-electron chi connectivity index (χ4n) is 1.44. The van der Waals surface area contributed by atoms with Gasteiger partial charge in [-0.3, -0.25) is 4.79 Å². The topological polar surface area (TPSA) is 81.7 Å². The summed E-state index contributed by atoms with van der Waals surface area (Å²) in [6, 6.07) is 0.168. The number of amides is 2. The van der Waals surface area contributed by atoms with E-state index in [1.165, 1.54) is 0 Å². The van der Waals surface area contributed by atoms with Gasteiger partial charge in [-0.2, -0.15) is 0 Å². The van der Waals surface area contributed by atoms with Crippen molar-refractivity contribution in [2.75, 3.05) is 27.2 Å². The molecular weight excluding hydrogens is 246 g/mol. The molecule has 3 N–H and O–H groups in total. The van der Waals surface area contributed by atoms with Crippen LogP contribution in [0.15, 0.2) is 0 Å². The zero-order valence-corrected chi connectivity index (χ0v) is 12.2. The maximum absolute atomic E-state index is 11.4. The standard InChI is InChI=1S/C13H27N3O3/c1-11(16(2)3)10-15-13(19)14-9-7-5-4-6-8-12(17)18/h11H,4-10H2,1-3H3,(H,17,18)(H2,14,15,19). The Balaban J connectivity index is 3.36. The number of carboxylic acids is 1. The number of carboxylic acid groups (broad SMARTS) is 1. The molecule has 0 aromatic heterocycles. The lowest BCUT2D eigenvalue weighted by Gasteiger charge is -2.20. The van der Waals surface area contributed by atoms with Crippen LogP contribution in [-0.4, -0.2) is 55.2 Å². The molecule has 0 radical (unpaired) electrons. The average molecular weight is 273 g/mol. The largest absolute Gasteiger partial charge is 0.481 e. The van der Waals surface area contributed by atoms with Gasteiger partial charge in [-0.05, 0) is 33.9 Å². The highest BCUT2D eigenvalue weighted by Crippen LogP contribution is 2.01. The van der Waals surface area contributed by atoms with Gasteiger partial charge >= 0.3 is 12.0 Å². The molecule has 0 bridgehead atoms. The van der Waals surface area contributed by atoms with Crippen molar-refractivity contribution in [3.8, 4) is 0 Å². The molecule has 0 fully saturated rings. The molecule has 19 heavy (non-hydrogen) atoms. The Bertz CT molecular complexity index is 270. The number of urea groups is 1. The van der Waals surface area contributed by atoms with E-state index in [0.717, 1.165) is 19.3 Å². The first-order valence-corrected chi connectivity index (χ1v) is 6.83. The van der Waals surface area contributed by atoms with Crippen LogP contribution in [0.1, 0.15) is 39.0 Å². The molecule has 6 nitrogen and oxygen atoms in total. The monoisotopic (exact) mass is 273 g/mol. The van der Waals surface area contributed by atoms with E-state index < -0.39 is 5.97 Å². The summed E-state index contributed by atoms with van der Waals surface area (Å²) in [7, 11) is 3.95. The number of nitrogens with one attached hydrogen (secondary N) is 2. The van der Waals surface area contributed by atoms with Gasteiger partial charge < -0.3 is 20.6 Å². The number of carbonyl (C=O) groups is 2. The van der Waals surface area contributed by atoms with E-state index in [4.69, 9.17) is 5.11 Å². The first kappa shape index (κ1) is 17.7. The predicted molar refractivity (Wildman–Crippen MR) is 75.3 cm³/mol. The van der Waals surface area contributed by atoms with E-state index >= 15 is 0 Å². The third-order valence-corrected chi connectivity index (χ3v) is 3.04. The van der Waals surface area contributed by atoms with Crippen molar-refractivity contribution >= 4 is 12.0 Å². The lowest BCUT2D eigenvalue weighted by atomic mass is 10.1. The first-order chi connectivity index (χ1) is 8.93. The van der Waals surface area contributed by atoms with Gasteiger partial charge in [0.1, 0.15) is 0 Å². The Morgan fingerprint density at radius 1 is 1.11 bits per heavy atom. The molecule has 1 atom stereocenters. The Morgan fingerprint density at radius 3 is 2.32 bits per heavy atom. The second-order valence-corrected chi connectivity index (χ2v) is 5.01. The summed E-state index contributed by atoms with van der Waals surface area (Å²) >= 11 is 0. The molecule has 0 saturated heterocycles. The van der Waals surface area contributed by atoms with Crippen LogP contribution in [0.3, 0.4) is 0 Å². The summed E-state index contributed by atoms with van der Waals surface area (Å²) in [5, 5.41) is 14.1. The van der Waals surface area contributed by atoms with Gasteiger partial charge in [-0.15, -0.1) is 0 Å². The molecule has 0 aromatic rings. The third-order valence-electron chi connectivity index (χ3n) is 3.04. The molecule has 0 spiro atoms. The lowest BCUT2D eigenvalue weighted by molar-refractivity contribution is -0.137.